The molecule has 0 spiro atoms. The third-order valence-electron chi connectivity index (χ3n) is 2.51. The fourth-order valence-corrected chi connectivity index (χ4v) is 1.57. The van der Waals surface area contributed by atoms with Crippen molar-refractivity contribution in [2.45, 2.75) is 26.7 Å². The van der Waals surface area contributed by atoms with Crippen molar-refractivity contribution in [3.8, 4) is 0 Å². The van der Waals surface area contributed by atoms with Gasteiger partial charge < -0.3 is 10.1 Å². The summed E-state index contributed by atoms with van der Waals surface area (Å²) in [5.41, 5.74) is 2.57. The second-order valence-electron chi connectivity index (χ2n) is 3.77. The van der Waals surface area contributed by atoms with E-state index in [0.717, 1.165) is 30.6 Å². The number of carbonyl (C=O) groups is 1. The van der Waals surface area contributed by atoms with Crippen LogP contribution in [0.1, 0.15) is 35.7 Å². The first-order chi connectivity index (χ1) is 7.70. The number of para-hydroxylation sites is 1. The molecule has 0 aliphatic rings. The zero-order valence-electron chi connectivity index (χ0n) is 10.2. The number of anilines is 1. The number of rotatable bonds is 5. The molecule has 3 heteroatoms. The van der Waals surface area contributed by atoms with Gasteiger partial charge in [-0.3, -0.25) is 0 Å². The van der Waals surface area contributed by atoms with Gasteiger partial charge in [-0.05, 0) is 25.0 Å². The lowest BCUT2D eigenvalue weighted by atomic mass is 10.1. The van der Waals surface area contributed by atoms with E-state index in [4.69, 9.17) is 4.74 Å². The minimum atomic E-state index is -0.289. The molecule has 1 N–H and O–H groups in total. The van der Waals surface area contributed by atoms with Crippen LogP contribution in [0.25, 0.3) is 0 Å². The summed E-state index contributed by atoms with van der Waals surface area (Å²) in [6.07, 6.45) is 2.22. The van der Waals surface area contributed by atoms with E-state index in [0.29, 0.717) is 5.56 Å². The first kappa shape index (κ1) is 12.6. The van der Waals surface area contributed by atoms with Gasteiger partial charge >= 0.3 is 5.97 Å². The van der Waals surface area contributed by atoms with Crippen LogP contribution in [0.5, 0.6) is 0 Å². The summed E-state index contributed by atoms with van der Waals surface area (Å²) in [5, 5.41) is 3.30. The lowest BCUT2D eigenvalue weighted by molar-refractivity contribution is 0.0601. The van der Waals surface area contributed by atoms with Crippen molar-refractivity contribution in [3.63, 3.8) is 0 Å². The number of unbranched alkanes of at least 4 members (excludes halogenated alkanes) is 1. The maximum atomic E-state index is 11.6. The van der Waals surface area contributed by atoms with Crippen LogP contribution in [-0.4, -0.2) is 19.6 Å². The van der Waals surface area contributed by atoms with Gasteiger partial charge in [0.05, 0.1) is 18.4 Å². The van der Waals surface area contributed by atoms with Gasteiger partial charge in [-0.1, -0.05) is 25.5 Å². The lowest BCUT2D eigenvalue weighted by Crippen LogP contribution is -2.10. The molecule has 3 nitrogen and oxygen atoms in total. The number of ether oxygens (including phenoxy) is 1. The Bertz CT molecular complexity index is 361. The Hall–Kier alpha value is -1.51. The van der Waals surface area contributed by atoms with Crippen LogP contribution in [-0.2, 0) is 4.74 Å². The molecule has 16 heavy (non-hydrogen) atoms. The molecule has 0 aliphatic heterocycles. The summed E-state index contributed by atoms with van der Waals surface area (Å²) >= 11 is 0. The third-order valence-corrected chi connectivity index (χ3v) is 2.51. The van der Waals surface area contributed by atoms with E-state index in [-0.39, 0.29) is 5.97 Å². The second kappa shape index (κ2) is 6.16. The standard InChI is InChI=1S/C13H19NO2/c1-4-5-9-14-12-10(2)7-6-8-11(12)13(15)16-3/h6-8,14H,4-5,9H2,1-3H3. The smallest absolute Gasteiger partial charge is 0.339 e. The van der Waals surface area contributed by atoms with Crippen LogP contribution in [0.15, 0.2) is 18.2 Å². The van der Waals surface area contributed by atoms with Crippen molar-refractivity contribution in [1.29, 1.82) is 0 Å². The lowest BCUT2D eigenvalue weighted by Gasteiger charge is -2.13. The van der Waals surface area contributed by atoms with Crippen LogP contribution in [0.2, 0.25) is 0 Å². The molecule has 0 heterocycles. The van der Waals surface area contributed by atoms with Crippen LogP contribution >= 0.6 is 0 Å². The number of esters is 1. The average Bonchev–Trinajstić information content (AvgIpc) is 2.30. The predicted octanol–water partition coefficient (Wildman–Crippen LogP) is 2.99. The fourth-order valence-electron chi connectivity index (χ4n) is 1.57. The highest BCUT2D eigenvalue weighted by Gasteiger charge is 2.12. The Morgan fingerprint density at radius 3 is 2.81 bits per heavy atom. The van der Waals surface area contributed by atoms with Crippen molar-refractivity contribution in [2.75, 3.05) is 19.0 Å². The third kappa shape index (κ3) is 2.99. The number of carbonyl (C=O) groups excluding carboxylic acids is 1. The molecule has 0 fully saturated rings. The summed E-state index contributed by atoms with van der Waals surface area (Å²) in [4.78, 5) is 11.6. The molecular weight excluding hydrogens is 202 g/mol. The molecule has 1 aromatic carbocycles. The molecule has 0 bridgehead atoms. The van der Waals surface area contributed by atoms with Gasteiger partial charge in [-0.2, -0.15) is 0 Å². The molecule has 0 atom stereocenters. The van der Waals surface area contributed by atoms with Gasteiger partial charge in [-0.15, -0.1) is 0 Å². The van der Waals surface area contributed by atoms with E-state index < -0.39 is 0 Å². The molecule has 1 rings (SSSR count). The van der Waals surface area contributed by atoms with E-state index in [9.17, 15) is 4.79 Å². The number of benzene rings is 1. The van der Waals surface area contributed by atoms with E-state index in [1.807, 2.05) is 19.1 Å². The van der Waals surface area contributed by atoms with Gasteiger partial charge in [0.25, 0.3) is 0 Å². The van der Waals surface area contributed by atoms with Crippen LogP contribution in [0.3, 0.4) is 0 Å². The summed E-state index contributed by atoms with van der Waals surface area (Å²) in [5.74, 6) is -0.289. The van der Waals surface area contributed by atoms with Crippen LogP contribution in [0, 0.1) is 6.92 Å². The molecule has 0 aromatic heterocycles. The number of methoxy groups -OCH3 is 1. The molecule has 0 amide bonds. The number of aryl methyl sites for hydroxylation is 1. The predicted molar refractivity (Wildman–Crippen MR) is 65.9 cm³/mol. The van der Waals surface area contributed by atoms with Crippen molar-refractivity contribution in [2.24, 2.45) is 0 Å². The molecule has 0 radical (unpaired) electrons. The van der Waals surface area contributed by atoms with Gasteiger partial charge in [-0.25, -0.2) is 4.79 Å². The number of nitrogens with one attached hydrogen (secondary N) is 1. The molecule has 0 saturated carbocycles. The molecule has 0 unspecified atom stereocenters. The summed E-state index contributed by atoms with van der Waals surface area (Å²) in [7, 11) is 1.40. The van der Waals surface area contributed by atoms with Crippen molar-refractivity contribution >= 4 is 11.7 Å². The first-order valence-electron chi connectivity index (χ1n) is 5.62. The Balaban J connectivity index is 2.90. The number of hydrogen-bond donors (Lipinski definition) is 1. The molecule has 0 saturated heterocycles. The van der Waals surface area contributed by atoms with E-state index in [2.05, 4.69) is 12.2 Å². The second-order valence-corrected chi connectivity index (χ2v) is 3.77. The summed E-state index contributed by atoms with van der Waals surface area (Å²) in [6.45, 7) is 5.01. The topological polar surface area (TPSA) is 38.3 Å². The molecular formula is C13H19NO2. The molecule has 88 valence electrons. The number of hydrogen-bond acceptors (Lipinski definition) is 3. The van der Waals surface area contributed by atoms with Gasteiger partial charge in [0.2, 0.25) is 0 Å². The van der Waals surface area contributed by atoms with E-state index in [1.165, 1.54) is 7.11 Å². The summed E-state index contributed by atoms with van der Waals surface area (Å²) < 4.78 is 4.76. The molecule has 1 aromatic rings. The highest BCUT2D eigenvalue weighted by molar-refractivity contribution is 5.96. The maximum absolute atomic E-state index is 11.6. The van der Waals surface area contributed by atoms with E-state index >= 15 is 0 Å². The maximum Gasteiger partial charge on any atom is 0.339 e. The van der Waals surface area contributed by atoms with E-state index in [1.54, 1.807) is 6.07 Å². The van der Waals surface area contributed by atoms with Crippen molar-refractivity contribution in [3.05, 3.63) is 29.3 Å². The Labute approximate surface area is 96.8 Å². The molecule has 0 aliphatic carbocycles. The van der Waals surface area contributed by atoms with Gasteiger partial charge in [0.15, 0.2) is 0 Å². The Morgan fingerprint density at radius 2 is 2.19 bits per heavy atom. The normalized spacial score (nSPS) is 9.94. The highest BCUT2D eigenvalue weighted by Crippen LogP contribution is 2.21. The fraction of sp³-hybridized carbons (Fsp3) is 0.462. The van der Waals surface area contributed by atoms with Gasteiger partial charge in [0, 0.05) is 6.54 Å². The largest absolute Gasteiger partial charge is 0.465 e. The zero-order valence-corrected chi connectivity index (χ0v) is 10.2. The van der Waals surface area contributed by atoms with Crippen LogP contribution in [0.4, 0.5) is 5.69 Å². The minimum Gasteiger partial charge on any atom is -0.465 e. The van der Waals surface area contributed by atoms with Crippen LogP contribution < -0.4 is 5.32 Å². The Kier molecular flexibility index (Phi) is 4.83. The summed E-state index contributed by atoms with van der Waals surface area (Å²) in [6, 6.07) is 5.64. The monoisotopic (exact) mass is 221 g/mol. The quantitative estimate of drug-likeness (QED) is 0.613. The minimum absolute atomic E-state index is 0.289. The first-order valence-corrected chi connectivity index (χ1v) is 5.62. The Morgan fingerprint density at radius 1 is 1.44 bits per heavy atom. The SMILES string of the molecule is CCCCNc1c(C)cccc1C(=O)OC. The van der Waals surface area contributed by atoms with Gasteiger partial charge in [0.1, 0.15) is 0 Å². The zero-order chi connectivity index (χ0) is 12.0. The van der Waals surface area contributed by atoms with Crippen molar-refractivity contribution in [1.82, 2.24) is 0 Å². The average molecular weight is 221 g/mol. The van der Waals surface area contributed by atoms with Crippen molar-refractivity contribution < 1.29 is 9.53 Å². The highest BCUT2D eigenvalue weighted by atomic mass is 16.5.